The van der Waals surface area contributed by atoms with Gasteiger partial charge < -0.3 is 10.1 Å². The van der Waals surface area contributed by atoms with Crippen molar-refractivity contribution in [2.75, 3.05) is 12.4 Å². The zero-order chi connectivity index (χ0) is 16.9. The van der Waals surface area contributed by atoms with Gasteiger partial charge in [0.15, 0.2) is 5.69 Å². The first-order valence-corrected chi connectivity index (χ1v) is 7.28. The lowest BCUT2D eigenvalue weighted by molar-refractivity contribution is 0.101. The Balaban J connectivity index is 1.91. The summed E-state index contributed by atoms with van der Waals surface area (Å²) < 4.78 is 6.58. The van der Waals surface area contributed by atoms with Crippen LogP contribution >= 0.6 is 0 Å². The van der Waals surface area contributed by atoms with Gasteiger partial charge in [-0.1, -0.05) is 18.2 Å². The van der Waals surface area contributed by atoms with Crippen LogP contribution < -0.4 is 15.5 Å². The van der Waals surface area contributed by atoms with Gasteiger partial charge in [0.05, 0.1) is 12.8 Å². The first-order chi connectivity index (χ1) is 11.7. The average Bonchev–Trinajstić information content (AvgIpc) is 2.63. The van der Waals surface area contributed by atoms with Crippen LogP contribution in [0.4, 0.5) is 5.69 Å². The van der Waals surface area contributed by atoms with Gasteiger partial charge in [0.25, 0.3) is 5.91 Å². The molecule has 0 unspecified atom stereocenters. The number of anilines is 1. The maximum absolute atomic E-state index is 12.3. The maximum atomic E-state index is 12.3. The summed E-state index contributed by atoms with van der Waals surface area (Å²) in [6, 6.07) is 17.4. The van der Waals surface area contributed by atoms with Gasteiger partial charge in [-0.2, -0.15) is 5.10 Å². The van der Waals surface area contributed by atoms with Gasteiger partial charge in [-0.05, 0) is 36.4 Å². The van der Waals surface area contributed by atoms with Crippen molar-refractivity contribution in [2.24, 2.45) is 0 Å². The summed E-state index contributed by atoms with van der Waals surface area (Å²) in [7, 11) is 1.58. The Labute approximate surface area is 138 Å². The fourth-order valence-electron chi connectivity index (χ4n) is 2.16. The fourth-order valence-corrected chi connectivity index (χ4v) is 2.16. The third-order valence-corrected chi connectivity index (χ3v) is 3.39. The molecule has 120 valence electrons. The molecule has 0 aliphatic carbocycles. The Hall–Kier alpha value is -3.41. The van der Waals surface area contributed by atoms with Gasteiger partial charge in [0, 0.05) is 18.0 Å². The van der Waals surface area contributed by atoms with Gasteiger partial charge >= 0.3 is 0 Å². The second-order valence-corrected chi connectivity index (χ2v) is 4.99. The van der Waals surface area contributed by atoms with E-state index in [4.69, 9.17) is 4.74 Å². The van der Waals surface area contributed by atoms with Crippen LogP contribution in [0, 0.1) is 0 Å². The molecule has 1 N–H and O–H groups in total. The lowest BCUT2D eigenvalue weighted by Gasteiger charge is -2.08. The minimum atomic E-state index is -0.547. The number of hydrogen-bond donors (Lipinski definition) is 1. The summed E-state index contributed by atoms with van der Waals surface area (Å²) in [5.41, 5.74) is 0.707. The van der Waals surface area contributed by atoms with Crippen LogP contribution in [0.15, 0.2) is 71.7 Å². The monoisotopic (exact) mass is 321 g/mol. The molecule has 3 rings (SSSR count). The average molecular weight is 321 g/mol. The Kier molecular flexibility index (Phi) is 4.38. The van der Waals surface area contributed by atoms with Crippen LogP contribution in [0.5, 0.6) is 5.75 Å². The number of ether oxygens (including phenoxy) is 1. The van der Waals surface area contributed by atoms with Crippen molar-refractivity contribution in [3.63, 3.8) is 0 Å². The molecule has 0 atom stereocenters. The first kappa shape index (κ1) is 15.5. The lowest BCUT2D eigenvalue weighted by Crippen LogP contribution is -2.25. The normalized spacial score (nSPS) is 10.2. The molecule has 0 saturated heterocycles. The van der Waals surface area contributed by atoms with Gasteiger partial charge in [0.1, 0.15) is 5.75 Å². The van der Waals surface area contributed by atoms with Crippen molar-refractivity contribution in [1.82, 2.24) is 9.78 Å². The SMILES string of the molecule is COc1ccc(-n2ccc(=O)c(C(=O)Nc3ccccc3)n2)cc1. The zero-order valence-corrected chi connectivity index (χ0v) is 13.0. The minimum absolute atomic E-state index is 0.169. The standard InChI is InChI=1S/C18H15N3O3/c1-24-15-9-7-14(8-10-15)21-12-11-16(22)17(20-21)18(23)19-13-5-3-2-4-6-13/h2-12H,1H3,(H,19,23). The highest BCUT2D eigenvalue weighted by molar-refractivity contribution is 6.02. The van der Waals surface area contributed by atoms with Crippen LogP contribution in [-0.2, 0) is 0 Å². The first-order valence-electron chi connectivity index (χ1n) is 7.28. The molecule has 0 saturated carbocycles. The molecule has 1 aromatic heterocycles. The highest BCUT2D eigenvalue weighted by Gasteiger charge is 2.13. The summed E-state index contributed by atoms with van der Waals surface area (Å²) in [5, 5.41) is 6.81. The summed E-state index contributed by atoms with van der Waals surface area (Å²) in [6.07, 6.45) is 1.52. The summed E-state index contributed by atoms with van der Waals surface area (Å²) >= 11 is 0. The van der Waals surface area contributed by atoms with Crippen LogP contribution in [0.3, 0.4) is 0 Å². The van der Waals surface area contributed by atoms with E-state index in [0.29, 0.717) is 17.1 Å². The number of carbonyl (C=O) groups is 1. The molecule has 0 aliphatic heterocycles. The van der Waals surface area contributed by atoms with Crippen molar-refractivity contribution in [3.05, 3.63) is 82.8 Å². The van der Waals surface area contributed by atoms with Crippen LogP contribution in [0.25, 0.3) is 5.69 Å². The molecule has 2 aromatic carbocycles. The summed E-state index contributed by atoms with van der Waals surface area (Å²) in [5.74, 6) is 0.163. The molecule has 0 radical (unpaired) electrons. The molecule has 0 spiro atoms. The fraction of sp³-hybridized carbons (Fsp3) is 0.0556. The number of carbonyl (C=O) groups excluding carboxylic acids is 1. The number of hydrogen-bond acceptors (Lipinski definition) is 4. The van der Waals surface area contributed by atoms with Crippen LogP contribution in [0.1, 0.15) is 10.5 Å². The molecule has 3 aromatic rings. The summed E-state index contributed by atoms with van der Waals surface area (Å²) in [4.78, 5) is 24.3. The predicted octanol–water partition coefficient (Wildman–Crippen LogP) is 2.49. The smallest absolute Gasteiger partial charge is 0.280 e. The predicted molar refractivity (Wildman–Crippen MR) is 90.8 cm³/mol. The molecule has 6 nitrogen and oxygen atoms in total. The van der Waals surface area contributed by atoms with Crippen molar-refractivity contribution in [1.29, 1.82) is 0 Å². The topological polar surface area (TPSA) is 73.2 Å². The molecule has 6 heteroatoms. The summed E-state index contributed by atoms with van der Waals surface area (Å²) in [6.45, 7) is 0. The Bertz CT molecular complexity index is 903. The number of rotatable bonds is 4. The molecular formula is C18H15N3O3. The molecule has 0 aliphatic rings. The van der Waals surface area contributed by atoms with Crippen molar-refractivity contribution in [2.45, 2.75) is 0 Å². The van der Waals surface area contributed by atoms with Crippen molar-refractivity contribution < 1.29 is 9.53 Å². The maximum Gasteiger partial charge on any atom is 0.280 e. The van der Waals surface area contributed by atoms with Crippen molar-refractivity contribution >= 4 is 11.6 Å². The van der Waals surface area contributed by atoms with Crippen LogP contribution in [-0.4, -0.2) is 22.8 Å². The van der Waals surface area contributed by atoms with E-state index in [-0.39, 0.29) is 5.69 Å². The molecule has 24 heavy (non-hydrogen) atoms. The molecule has 1 heterocycles. The minimum Gasteiger partial charge on any atom is -0.497 e. The van der Waals surface area contributed by atoms with E-state index in [1.807, 2.05) is 6.07 Å². The third kappa shape index (κ3) is 3.33. The number of methoxy groups -OCH3 is 1. The molecule has 0 bridgehead atoms. The Morgan fingerprint density at radius 3 is 2.42 bits per heavy atom. The molecule has 0 fully saturated rings. The van der Waals surface area contributed by atoms with E-state index in [9.17, 15) is 9.59 Å². The van der Waals surface area contributed by atoms with Gasteiger partial charge in [-0.3, -0.25) is 9.59 Å². The molecular weight excluding hydrogens is 306 g/mol. The Morgan fingerprint density at radius 1 is 1.04 bits per heavy atom. The largest absolute Gasteiger partial charge is 0.497 e. The van der Waals surface area contributed by atoms with E-state index in [0.717, 1.165) is 0 Å². The van der Waals surface area contributed by atoms with Crippen LogP contribution in [0.2, 0.25) is 0 Å². The number of nitrogens with one attached hydrogen (secondary N) is 1. The molecule has 1 amide bonds. The van der Waals surface area contributed by atoms with E-state index >= 15 is 0 Å². The second-order valence-electron chi connectivity index (χ2n) is 4.99. The van der Waals surface area contributed by atoms with E-state index in [2.05, 4.69) is 10.4 Å². The van der Waals surface area contributed by atoms with E-state index in [1.165, 1.54) is 16.9 Å². The number of para-hydroxylation sites is 1. The number of nitrogens with zero attached hydrogens (tertiary/aromatic N) is 2. The number of aromatic nitrogens is 2. The Morgan fingerprint density at radius 2 is 1.75 bits per heavy atom. The highest BCUT2D eigenvalue weighted by atomic mass is 16.5. The van der Waals surface area contributed by atoms with E-state index in [1.54, 1.807) is 55.6 Å². The third-order valence-electron chi connectivity index (χ3n) is 3.39. The zero-order valence-electron chi connectivity index (χ0n) is 13.0. The highest BCUT2D eigenvalue weighted by Crippen LogP contribution is 2.14. The van der Waals surface area contributed by atoms with Gasteiger partial charge in [0.2, 0.25) is 5.43 Å². The van der Waals surface area contributed by atoms with E-state index < -0.39 is 11.3 Å². The quantitative estimate of drug-likeness (QED) is 0.801. The van der Waals surface area contributed by atoms with Gasteiger partial charge in [-0.15, -0.1) is 0 Å². The van der Waals surface area contributed by atoms with Gasteiger partial charge in [-0.25, -0.2) is 4.68 Å². The lowest BCUT2D eigenvalue weighted by atomic mass is 10.3. The second kappa shape index (κ2) is 6.78. The van der Waals surface area contributed by atoms with Crippen molar-refractivity contribution in [3.8, 4) is 11.4 Å². The number of benzene rings is 2. The number of amides is 1.